The van der Waals surface area contributed by atoms with E-state index in [1.54, 1.807) is 0 Å². The van der Waals surface area contributed by atoms with E-state index in [9.17, 15) is 0 Å². The summed E-state index contributed by atoms with van der Waals surface area (Å²) in [5.41, 5.74) is 7.15. The molecule has 2 aliphatic heterocycles. The molecule has 3 aromatic rings. The van der Waals surface area contributed by atoms with Crippen LogP contribution in [-0.2, 0) is 0 Å². The highest BCUT2D eigenvalue weighted by atomic mass is 14.8. The molecule has 0 saturated heterocycles. The summed E-state index contributed by atoms with van der Waals surface area (Å²) in [6.07, 6.45) is 5.73. The average molecular weight is 334 g/mol. The SMILES string of the molecule is C1=Nc2c3c(ccc2=C(c2ccccc2)C1)=C(c1ccccc1)CC=N3. The molecule has 2 heterocycles. The molecule has 2 aliphatic rings. The zero-order valence-electron chi connectivity index (χ0n) is 14.4. The first-order valence-electron chi connectivity index (χ1n) is 8.97. The predicted octanol–water partition coefficient (Wildman–Crippen LogP) is 4.30. The zero-order chi connectivity index (χ0) is 17.3. The van der Waals surface area contributed by atoms with Crippen LogP contribution in [0.1, 0.15) is 24.0 Å². The van der Waals surface area contributed by atoms with Crippen molar-refractivity contribution in [1.82, 2.24) is 0 Å². The van der Waals surface area contributed by atoms with Gasteiger partial charge in [0, 0.05) is 35.7 Å². The quantitative estimate of drug-likeness (QED) is 0.668. The van der Waals surface area contributed by atoms with Crippen molar-refractivity contribution >= 4 is 35.0 Å². The number of nitrogens with zero attached hydrogens (tertiary/aromatic N) is 2. The minimum atomic E-state index is 0.856. The van der Waals surface area contributed by atoms with Gasteiger partial charge >= 0.3 is 0 Å². The second kappa shape index (κ2) is 6.23. The Hall–Kier alpha value is -3.26. The first-order valence-corrected chi connectivity index (χ1v) is 8.97. The van der Waals surface area contributed by atoms with Gasteiger partial charge in [0.15, 0.2) is 0 Å². The zero-order valence-corrected chi connectivity index (χ0v) is 14.4. The lowest BCUT2D eigenvalue weighted by Gasteiger charge is -2.17. The molecule has 0 spiro atoms. The number of benzene rings is 3. The molecule has 2 nitrogen and oxygen atoms in total. The maximum Gasteiger partial charge on any atom is 0.0963 e. The average Bonchev–Trinajstić information content (AvgIpc) is 2.74. The summed E-state index contributed by atoms with van der Waals surface area (Å²) in [6.45, 7) is 0. The molecule has 0 N–H and O–H groups in total. The molecule has 0 atom stereocenters. The molecule has 3 aromatic carbocycles. The van der Waals surface area contributed by atoms with Gasteiger partial charge in [-0.25, -0.2) is 0 Å². The van der Waals surface area contributed by atoms with Crippen LogP contribution in [-0.4, -0.2) is 12.4 Å². The first kappa shape index (κ1) is 15.0. The first-order chi connectivity index (χ1) is 12.9. The van der Waals surface area contributed by atoms with Crippen molar-refractivity contribution in [3.05, 3.63) is 94.4 Å². The van der Waals surface area contributed by atoms with E-state index in [4.69, 9.17) is 9.98 Å². The van der Waals surface area contributed by atoms with Gasteiger partial charge in [0.1, 0.15) is 0 Å². The molecular formula is C24H18N2. The van der Waals surface area contributed by atoms with Gasteiger partial charge in [-0.15, -0.1) is 0 Å². The van der Waals surface area contributed by atoms with Crippen LogP contribution in [0.4, 0.5) is 11.4 Å². The lowest BCUT2D eigenvalue weighted by molar-refractivity contribution is 1.27. The highest BCUT2D eigenvalue weighted by Crippen LogP contribution is 2.29. The minimum Gasteiger partial charge on any atom is -0.258 e. The molecule has 2 heteroatoms. The third-order valence-corrected chi connectivity index (χ3v) is 5.08. The van der Waals surface area contributed by atoms with Crippen LogP contribution >= 0.6 is 0 Å². The molecule has 5 rings (SSSR count). The minimum absolute atomic E-state index is 0.856. The molecule has 0 radical (unpaired) electrons. The second-order valence-corrected chi connectivity index (χ2v) is 6.58. The maximum absolute atomic E-state index is 4.74. The van der Waals surface area contributed by atoms with Gasteiger partial charge in [0.05, 0.1) is 11.4 Å². The molecule has 0 saturated carbocycles. The van der Waals surface area contributed by atoms with Crippen LogP contribution in [0, 0.1) is 0 Å². The van der Waals surface area contributed by atoms with Gasteiger partial charge in [0.2, 0.25) is 0 Å². The summed E-state index contributed by atoms with van der Waals surface area (Å²) in [7, 11) is 0. The Morgan fingerprint density at radius 2 is 0.923 bits per heavy atom. The van der Waals surface area contributed by atoms with Gasteiger partial charge < -0.3 is 0 Å². The fraction of sp³-hybridized carbons (Fsp3) is 0.0833. The summed E-state index contributed by atoms with van der Waals surface area (Å²) in [4.78, 5) is 9.47. The molecular weight excluding hydrogens is 316 g/mol. The van der Waals surface area contributed by atoms with Crippen molar-refractivity contribution in [3.8, 4) is 0 Å². The van der Waals surface area contributed by atoms with Crippen LogP contribution in [0.15, 0.2) is 82.8 Å². The van der Waals surface area contributed by atoms with Crippen LogP contribution in [0.3, 0.4) is 0 Å². The topological polar surface area (TPSA) is 24.7 Å². The summed E-state index contributed by atoms with van der Waals surface area (Å²) < 4.78 is 0. The lowest BCUT2D eigenvalue weighted by atomic mass is 9.93. The monoisotopic (exact) mass is 334 g/mol. The molecule has 0 bridgehead atoms. The molecule has 0 aromatic heterocycles. The highest BCUT2D eigenvalue weighted by Gasteiger charge is 2.16. The molecule has 0 fully saturated rings. The van der Waals surface area contributed by atoms with Crippen molar-refractivity contribution in [2.45, 2.75) is 12.8 Å². The van der Waals surface area contributed by atoms with E-state index < -0.39 is 0 Å². The summed E-state index contributed by atoms with van der Waals surface area (Å²) in [5, 5.41) is 2.40. The van der Waals surface area contributed by atoms with E-state index in [-0.39, 0.29) is 0 Å². The standard InChI is InChI=1S/C24H18N2/c1-3-7-17(8-4-1)19-13-15-25-23-21(19)11-12-22-20(14-16-26-24(22)23)18-9-5-2-6-10-18/h1-12,15-16H,13-14H2. The number of aliphatic imine (C=N–C) groups is 2. The van der Waals surface area contributed by atoms with E-state index in [2.05, 4.69) is 72.8 Å². The largest absolute Gasteiger partial charge is 0.258 e. The molecule has 26 heavy (non-hydrogen) atoms. The van der Waals surface area contributed by atoms with Crippen molar-refractivity contribution in [2.75, 3.05) is 0 Å². The Morgan fingerprint density at radius 1 is 0.500 bits per heavy atom. The Balaban J connectivity index is 1.83. The fourth-order valence-electron chi connectivity index (χ4n) is 3.83. The number of hydrogen-bond acceptors (Lipinski definition) is 2. The van der Waals surface area contributed by atoms with Gasteiger partial charge in [-0.05, 0) is 22.3 Å². The third kappa shape index (κ3) is 2.42. The Morgan fingerprint density at radius 3 is 1.35 bits per heavy atom. The number of hydrogen-bond donors (Lipinski definition) is 0. The maximum atomic E-state index is 4.74. The molecule has 0 aliphatic carbocycles. The number of rotatable bonds is 2. The Bertz CT molecular complexity index is 1060. The smallest absolute Gasteiger partial charge is 0.0963 e. The van der Waals surface area contributed by atoms with Gasteiger partial charge in [-0.3, -0.25) is 9.98 Å². The van der Waals surface area contributed by atoms with Crippen LogP contribution in [0.25, 0.3) is 11.1 Å². The van der Waals surface area contributed by atoms with Gasteiger partial charge in [-0.1, -0.05) is 72.8 Å². The molecule has 0 amide bonds. The van der Waals surface area contributed by atoms with E-state index >= 15 is 0 Å². The Kier molecular flexibility index (Phi) is 3.60. The van der Waals surface area contributed by atoms with Crippen molar-refractivity contribution in [1.29, 1.82) is 0 Å². The normalized spacial score (nSPS) is 14.9. The van der Waals surface area contributed by atoms with Gasteiger partial charge in [-0.2, -0.15) is 0 Å². The lowest BCUT2D eigenvalue weighted by Crippen LogP contribution is -2.20. The summed E-state index contributed by atoms with van der Waals surface area (Å²) in [6, 6.07) is 25.6. The van der Waals surface area contributed by atoms with Crippen molar-refractivity contribution < 1.29 is 0 Å². The van der Waals surface area contributed by atoms with E-state index in [0.29, 0.717) is 0 Å². The molecule has 0 unspecified atom stereocenters. The van der Waals surface area contributed by atoms with Crippen LogP contribution in [0.2, 0.25) is 0 Å². The summed E-state index contributed by atoms with van der Waals surface area (Å²) in [5.74, 6) is 0. The number of fused-ring (bicyclic) bond motifs is 3. The van der Waals surface area contributed by atoms with Crippen molar-refractivity contribution in [3.63, 3.8) is 0 Å². The predicted molar refractivity (Wildman–Crippen MR) is 109 cm³/mol. The Labute approximate surface area is 152 Å². The molecule has 124 valence electrons. The van der Waals surface area contributed by atoms with Crippen LogP contribution in [0.5, 0.6) is 0 Å². The highest BCUT2D eigenvalue weighted by molar-refractivity contribution is 5.92. The van der Waals surface area contributed by atoms with Crippen molar-refractivity contribution in [2.24, 2.45) is 9.98 Å². The second-order valence-electron chi connectivity index (χ2n) is 6.58. The van der Waals surface area contributed by atoms with E-state index in [0.717, 1.165) is 24.2 Å². The van der Waals surface area contributed by atoms with Gasteiger partial charge in [0.25, 0.3) is 0 Å². The summed E-state index contributed by atoms with van der Waals surface area (Å²) >= 11 is 0. The fourth-order valence-corrected chi connectivity index (χ4v) is 3.83. The van der Waals surface area contributed by atoms with E-state index in [1.807, 2.05) is 12.4 Å². The third-order valence-electron chi connectivity index (χ3n) is 5.08. The van der Waals surface area contributed by atoms with Crippen LogP contribution < -0.4 is 10.4 Å². The van der Waals surface area contributed by atoms with E-state index in [1.165, 1.54) is 32.7 Å².